The molecule has 19 heavy (non-hydrogen) atoms. The van der Waals surface area contributed by atoms with Crippen LogP contribution >= 0.6 is 0 Å². The van der Waals surface area contributed by atoms with Gasteiger partial charge in [-0.3, -0.25) is 0 Å². The zero-order valence-corrected chi connectivity index (χ0v) is 12.4. The highest BCUT2D eigenvalue weighted by molar-refractivity contribution is 5.01. The van der Waals surface area contributed by atoms with E-state index >= 15 is 0 Å². The quantitative estimate of drug-likeness (QED) is 0.443. The number of allylic oxidation sites excluding steroid dienone is 1. The fraction of sp³-hybridized carbons (Fsp3) is 0.889. The molecule has 0 unspecified atom stereocenters. The summed E-state index contributed by atoms with van der Waals surface area (Å²) in [5.41, 5.74) is 0.607. The highest BCUT2D eigenvalue weighted by Gasteiger charge is 2.50. The molecular formula is C18H30O. The van der Waals surface area contributed by atoms with Gasteiger partial charge in [-0.05, 0) is 81.0 Å². The van der Waals surface area contributed by atoms with Crippen LogP contribution in [-0.2, 0) is 4.74 Å². The lowest BCUT2D eigenvalue weighted by Gasteiger charge is -2.56. The summed E-state index contributed by atoms with van der Waals surface area (Å²) in [4.78, 5) is 0. The summed E-state index contributed by atoms with van der Waals surface area (Å²) in [7, 11) is 0. The van der Waals surface area contributed by atoms with Gasteiger partial charge in [-0.25, -0.2) is 0 Å². The van der Waals surface area contributed by atoms with Crippen molar-refractivity contribution in [1.29, 1.82) is 0 Å². The van der Waals surface area contributed by atoms with Gasteiger partial charge >= 0.3 is 0 Å². The molecule has 0 atom stereocenters. The molecule has 0 heterocycles. The molecule has 0 aromatic rings. The fourth-order valence-electron chi connectivity index (χ4n) is 5.43. The van der Waals surface area contributed by atoms with Crippen LogP contribution in [0, 0.1) is 23.2 Å². The van der Waals surface area contributed by atoms with E-state index in [0.717, 1.165) is 37.4 Å². The van der Waals surface area contributed by atoms with Gasteiger partial charge in [0.25, 0.3) is 0 Å². The molecule has 0 aromatic carbocycles. The van der Waals surface area contributed by atoms with Crippen LogP contribution in [0.2, 0.25) is 0 Å². The maximum absolute atomic E-state index is 6.07. The van der Waals surface area contributed by atoms with E-state index in [0.29, 0.717) is 5.41 Å². The molecule has 1 nitrogen and oxygen atoms in total. The largest absolute Gasteiger partial charge is 0.381 e. The summed E-state index contributed by atoms with van der Waals surface area (Å²) < 4.78 is 6.07. The summed E-state index contributed by atoms with van der Waals surface area (Å²) in [6.07, 6.45) is 16.1. The lowest BCUT2D eigenvalue weighted by Crippen LogP contribution is -2.48. The highest BCUT2D eigenvalue weighted by atomic mass is 16.5. The lowest BCUT2D eigenvalue weighted by atomic mass is 9.50. The summed E-state index contributed by atoms with van der Waals surface area (Å²) in [5, 5.41) is 0. The third-order valence-corrected chi connectivity index (χ3v) is 5.77. The Kier molecular flexibility index (Phi) is 4.31. The number of hydrogen-bond donors (Lipinski definition) is 0. The van der Waals surface area contributed by atoms with Crippen LogP contribution in [0.3, 0.4) is 0 Å². The van der Waals surface area contributed by atoms with Gasteiger partial charge < -0.3 is 4.74 Å². The molecule has 0 aromatic heterocycles. The van der Waals surface area contributed by atoms with Crippen LogP contribution in [-0.4, -0.2) is 13.2 Å². The topological polar surface area (TPSA) is 9.23 Å². The Morgan fingerprint density at radius 2 is 1.58 bits per heavy atom. The standard InChI is InChI=1S/C18H30O/c1-2-3-4-5-6-7-19-14-18-11-15-8-16(12-18)10-17(9-15)13-18/h2,15-17H,1,3-14H2. The van der Waals surface area contributed by atoms with Gasteiger partial charge in [-0.2, -0.15) is 0 Å². The van der Waals surface area contributed by atoms with E-state index in [-0.39, 0.29) is 0 Å². The van der Waals surface area contributed by atoms with Crippen molar-refractivity contribution in [2.24, 2.45) is 23.2 Å². The van der Waals surface area contributed by atoms with E-state index in [1.165, 1.54) is 38.5 Å². The second kappa shape index (κ2) is 5.99. The first kappa shape index (κ1) is 13.7. The van der Waals surface area contributed by atoms with Gasteiger partial charge in [0.2, 0.25) is 0 Å². The first-order chi connectivity index (χ1) is 9.30. The zero-order chi connectivity index (χ0) is 13.1. The molecule has 4 aliphatic carbocycles. The Balaban J connectivity index is 1.37. The van der Waals surface area contributed by atoms with Gasteiger partial charge in [0.1, 0.15) is 0 Å². The SMILES string of the molecule is C=CCCCCCOCC12CC3CC(CC(C3)C1)C2. The summed E-state index contributed by atoms with van der Waals surface area (Å²) in [5.74, 6) is 3.17. The van der Waals surface area contributed by atoms with Gasteiger partial charge in [0.05, 0.1) is 6.61 Å². The van der Waals surface area contributed by atoms with E-state index < -0.39 is 0 Å². The normalized spacial score (nSPS) is 39.7. The third kappa shape index (κ3) is 3.24. The molecule has 4 aliphatic rings. The minimum Gasteiger partial charge on any atom is -0.381 e. The average molecular weight is 262 g/mol. The molecule has 1 heteroatoms. The number of ether oxygens (including phenoxy) is 1. The van der Waals surface area contributed by atoms with Crippen LogP contribution in [0.15, 0.2) is 12.7 Å². The van der Waals surface area contributed by atoms with Crippen molar-refractivity contribution >= 4 is 0 Å². The van der Waals surface area contributed by atoms with E-state index in [2.05, 4.69) is 6.58 Å². The van der Waals surface area contributed by atoms with E-state index in [1.807, 2.05) is 6.08 Å². The minimum absolute atomic E-state index is 0.607. The number of rotatable bonds is 8. The molecule has 108 valence electrons. The number of unbranched alkanes of at least 4 members (excludes halogenated alkanes) is 3. The molecule has 4 bridgehead atoms. The van der Waals surface area contributed by atoms with Crippen LogP contribution in [0.25, 0.3) is 0 Å². The van der Waals surface area contributed by atoms with Crippen molar-refractivity contribution in [3.05, 3.63) is 12.7 Å². The zero-order valence-electron chi connectivity index (χ0n) is 12.4. The molecule has 0 amide bonds. The van der Waals surface area contributed by atoms with E-state index in [1.54, 1.807) is 19.3 Å². The Morgan fingerprint density at radius 3 is 2.16 bits per heavy atom. The Bertz CT molecular complexity index is 272. The predicted octanol–water partition coefficient (Wildman–Crippen LogP) is 4.97. The molecule has 4 rings (SSSR count). The summed E-state index contributed by atoms with van der Waals surface area (Å²) >= 11 is 0. The first-order valence-corrected chi connectivity index (χ1v) is 8.48. The van der Waals surface area contributed by atoms with Gasteiger partial charge in [-0.15, -0.1) is 6.58 Å². The highest BCUT2D eigenvalue weighted by Crippen LogP contribution is 2.59. The molecule has 0 radical (unpaired) electrons. The summed E-state index contributed by atoms with van der Waals surface area (Å²) in [6.45, 7) is 5.82. The maximum atomic E-state index is 6.07. The van der Waals surface area contributed by atoms with Gasteiger partial charge in [0.15, 0.2) is 0 Å². The Labute approximate surface area is 118 Å². The molecule has 0 aliphatic heterocycles. The van der Waals surface area contributed by atoms with Crippen LogP contribution in [0.5, 0.6) is 0 Å². The van der Waals surface area contributed by atoms with Crippen LogP contribution in [0.4, 0.5) is 0 Å². The van der Waals surface area contributed by atoms with Crippen molar-refractivity contribution in [3.8, 4) is 0 Å². The van der Waals surface area contributed by atoms with E-state index in [4.69, 9.17) is 4.74 Å². The number of hydrogen-bond acceptors (Lipinski definition) is 1. The third-order valence-electron chi connectivity index (χ3n) is 5.77. The fourth-order valence-corrected chi connectivity index (χ4v) is 5.43. The second-order valence-corrected chi connectivity index (χ2v) is 7.61. The molecule has 0 saturated heterocycles. The van der Waals surface area contributed by atoms with Crippen molar-refractivity contribution in [3.63, 3.8) is 0 Å². The molecular weight excluding hydrogens is 232 g/mol. The first-order valence-electron chi connectivity index (χ1n) is 8.48. The van der Waals surface area contributed by atoms with Crippen molar-refractivity contribution in [2.75, 3.05) is 13.2 Å². The van der Waals surface area contributed by atoms with Gasteiger partial charge in [0, 0.05) is 6.61 Å². The lowest BCUT2D eigenvalue weighted by molar-refractivity contribution is -0.0965. The molecule has 4 saturated carbocycles. The maximum Gasteiger partial charge on any atom is 0.0522 e. The van der Waals surface area contributed by atoms with Crippen molar-refractivity contribution in [1.82, 2.24) is 0 Å². The monoisotopic (exact) mass is 262 g/mol. The minimum atomic E-state index is 0.607. The van der Waals surface area contributed by atoms with Crippen LogP contribution in [0.1, 0.15) is 64.2 Å². The predicted molar refractivity (Wildman–Crippen MR) is 80.1 cm³/mol. The van der Waals surface area contributed by atoms with E-state index in [9.17, 15) is 0 Å². The Morgan fingerprint density at radius 1 is 0.947 bits per heavy atom. The molecule has 4 fully saturated rings. The van der Waals surface area contributed by atoms with Crippen LogP contribution < -0.4 is 0 Å². The molecule has 0 N–H and O–H groups in total. The second-order valence-electron chi connectivity index (χ2n) is 7.61. The average Bonchev–Trinajstić information content (AvgIpc) is 2.36. The molecule has 0 spiro atoms. The summed E-state index contributed by atoms with van der Waals surface area (Å²) in [6, 6.07) is 0. The smallest absolute Gasteiger partial charge is 0.0522 e. The van der Waals surface area contributed by atoms with Crippen molar-refractivity contribution in [2.45, 2.75) is 64.2 Å². The van der Waals surface area contributed by atoms with Gasteiger partial charge in [-0.1, -0.05) is 12.5 Å². The Hall–Kier alpha value is -0.300. The van der Waals surface area contributed by atoms with Crippen molar-refractivity contribution < 1.29 is 4.74 Å².